The van der Waals surface area contributed by atoms with Gasteiger partial charge in [0.25, 0.3) is 0 Å². The van der Waals surface area contributed by atoms with Crippen molar-refractivity contribution >= 4 is 16.6 Å². The van der Waals surface area contributed by atoms with Gasteiger partial charge in [0.15, 0.2) is 0 Å². The van der Waals surface area contributed by atoms with Crippen molar-refractivity contribution in [3.63, 3.8) is 0 Å². The van der Waals surface area contributed by atoms with E-state index < -0.39 is 0 Å². The van der Waals surface area contributed by atoms with E-state index in [1.807, 2.05) is 19.3 Å². The first-order chi connectivity index (χ1) is 8.88. The second-order valence-corrected chi connectivity index (χ2v) is 4.98. The number of hydrogen-bond acceptors (Lipinski definition) is 2. The zero-order valence-electron chi connectivity index (χ0n) is 10.8. The quantitative estimate of drug-likeness (QED) is 0.738. The van der Waals surface area contributed by atoms with Gasteiger partial charge in [-0.25, -0.2) is 0 Å². The van der Waals surface area contributed by atoms with Gasteiger partial charge in [0.2, 0.25) is 0 Å². The molecule has 18 heavy (non-hydrogen) atoms. The molecule has 1 fully saturated rings. The van der Waals surface area contributed by atoms with Crippen LogP contribution in [0.1, 0.15) is 37.2 Å². The predicted molar refractivity (Wildman–Crippen MR) is 76.3 cm³/mol. The van der Waals surface area contributed by atoms with Crippen molar-refractivity contribution < 1.29 is 0 Å². The summed E-state index contributed by atoms with van der Waals surface area (Å²) in [5.74, 6) is 0.670. The van der Waals surface area contributed by atoms with E-state index in [2.05, 4.69) is 34.2 Å². The van der Waals surface area contributed by atoms with Crippen molar-refractivity contribution in [1.29, 1.82) is 0 Å². The number of hydrogen-bond donors (Lipinski definition) is 0. The van der Waals surface area contributed by atoms with E-state index in [4.69, 9.17) is 0 Å². The van der Waals surface area contributed by atoms with E-state index in [0.717, 1.165) is 18.4 Å². The third kappa shape index (κ3) is 2.03. The first-order valence-corrected chi connectivity index (χ1v) is 6.66. The van der Waals surface area contributed by atoms with Gasteiger partial charge in [0.1, 0.15) is 0 Å². The van der Waals surface area contributed by atoms with Crippen LogP contribution < -0.4 is 0 Å². The molecule has 2 heteroatoms. The van der Waals surface area contributed by atoms with Crippen LogP contribution in [0.2, 0.25) is 0 Å². The average molecular weight is 238 g/mol. The summed E-state index contributed by atoms with van der Waals surface area (Å²) in [4.78, 5) is 8.79. The molecule has 1 aliphatic carbocycles. The minimum atomic E-state index is 0.670. The Morgan fingerprint density at radius 2 is 1.94 bits per heavy atom. The molecule has 0 aliphatic heterocycles. The smallest absolute Gasteiger partial charge is 0.0704 e. The Morgan fingerprint density at radius 1 is 1.11 bits per heavy atom. The number of rotatable bonds is 1. The van der Waals surface area contributed by atoms with E-state index >= 15 is 0 Å². The second kappa shape index (κ2) is 4.89. The molecular formula is C16H18N2. The number of aromatic nitrogens is 1. The summed E-state index contributed by atoms with van der Waals surface area (Å²) >= 11 is 0. The van der Waals surface area contributed by atoms with Crippen LogP contribution in [0.5, 0.6) is 0 Å². The van der Waals surface area contributed by atoms with Gasteiger partial charge < -0.3 is 0 Å². The van der Waals surface area contributed by atoms with E-state index in [1.54, 1.807) is 0 Å². The van der Waals surface area contributed by atoms with Crippen molar-refractivity contribution in [2.75, 3.05) is 7.05 Å². The molecule has 1 saturated carbocycles. The van der Waals surface area contributed by atoms with Crippen molar-refractivity contribution in [1.82, 2.24) is 4.98 Å². The lowest BCUT2D eigenvalue weighted by molar-refractivity contribution is 0.569. The highest BCUT2D eigenvalue weighted by Gasteiger charge is 2.20. The molecule has 0 N–H and O–H groups in total. The summed E-state index contributed by atoms with van der Waals surface area (Å²) in [6.45, 7) is 0. The summed E-state index contributed by atoms with van der Waals surface area (Å²) in [6.07, 6.45) is 6.62. The van der Waals surface area contributed by atoms with E-state index in [-0.39, 0.29) is 0 Å². The maximum absolute atomic E-state index is 4.44. The Kier molecular flexibility index (Phi) is 3.09. The highest BCUT2D eigenvalue weighted by molar-refractivity contribution is 5.86. The van der Waals surface area contributed by atoms with Crippen LogP contribution in [0, 0.1) is 0 Å². The predicted octanol–water partition coefficient (Wildman–Crippen LogP) is 3.96. The zero-order valence-corrected chi connectivity index (χ0v) is 10.8. The Hall–Kier alpha value is -1.70. The van der Waals surface area contributed by atoms with E-state index in [0.29, 0.717) is 5.92 Å². The van der Waals surface area contributed by atoms with Crippen LogP contribution in [-0.4, -0.2) is 17.7 Å². The van der Waals surface area contributed by atoms with Crippen LogP contribution in [0.4, 0.5) is 0 Å². The SMILES string of the molecule is CN=C1CCC(c2cccc3ncccc23)CC1. The van der Waals surface area contributed by atoms with Crippen LogP contribution in [-0.2, 0) is 0 Å². The second-order valence-electron chi connectivity index (χ2n) is 4.98. The molecule has 2 nitrogen and oxygen atoms in total. The summed E-state index contributed by atoms with van der Waals surface area (Å²) in [7, 11) is 1.91. The first-order valence-electron chi connectivity index (χ1n) is 6.66. The van der Waals surface area contributed by atoms with Gasteiger partial charge in [-0.2, -0.15) is 0 Å². The summed E-state index contributed by atoms with van der Waals surface area (Å²) < 4.78 is 0. The lowest BCUT2D eigenvalue weighted by Gasteiger charge is -2.24. The molecule has 2 aromatic rings. The third-order valence-corrected chi connectivity index (χ3v) is 4.00. The summed E-state index contributed by atoms with van der Waals surface area (Å²) in [5.41, 5.74) is 3.96. The van der Waals surface area contributed by atoms with Gasteiger partial charge >= 0.3 is 0 Å². The molecule has 3 rings (SSSR count). The van der Waals surface area contributed by atoms with Gasteiger partial charge in [-0.05, 0) is 49.3 Å². The Balaban J connectivity index is 1.95. The van der Waals surface area contributed by atoms with Gasteiger partial charge in [0.05, 0.1) is 5.52 Å². The molecule has 0 amide bonds. The number of aliphatic imine (C=N–C) groups is 1. The lowest BCUT2D eigenvalue weighted by Crippen LogP contribution is -2.13. The number of nitrogens with zero attached hydrogens (tertiary/aromatic N) is 2. The van der Waals surface area contributed by atoms with Gasteiger partial charge in [-0.1, -0.05) is 18.2 Å². The largest absolute Gasteiger partial charge is 0.297 e. The molecule has 1 aliphatic rings. The van der Waals surface area contributed by atoms with Crippen molar-refractivity contribution in [2.24, 2.45) is 4.99 Å². The monoisotopic (exact) mass is 238 g/mol. The topological polar surface area (TPSA) is 25.2 Å². The molecule has 1 heterocycles. The van der Waals surface area contributed by atoms with Crippen LogP contribution in [0.25, 0.3) is 10.9 Å². The van der Waals surface area contributed by atoms with Crippen LogP contribution in [0.15, 0.2) is 41.5 Å². The maximum Gasteiger partial charge on any atom is 0.0704 e. The molecule has 0 radical (unpaired) electrons. The van der Waals surface area contributed by atoms with Gasteiger partial charge in [-0.15, -0.1) is 0 Å². The molecule has 0 spiro atoms. The molecule has 1 aromatic heterocycles. The molecular weight excluding hydrogens is 220 g/mol. The van der Waals surface area contributed by atoms with Gasteiger partial charge in [0, 0.05) is 24.3 Å². The van der Waals surface area contributed by atoms with Crippen molar-refractivity contribution in [3.05, 3.63) is 42.1 Å². The van der Waals surface area contributed by atoms with Crippen molar-refractivity contribution in [3.8, 4) is 0 Å². The van der Waals surface area contributed by atoms with Gasteiger partial charge in [-0.3, -0.25) is 9.98 Å². The average Bonchev–Trinajstić information content (AvgIpc) is 2.47. The van der Waals surface area contributed by atoms with Crippen LogP contribution >= 0.6 is 0 Å². The fourth-order valence-electron chi connectivity index (χ4n) is 2.97. The van der Waals surface area contributed by atoms with Crippen LogP contribution in [0.3, 0.4) is 0 Å². The number of pyridine rings is 1. The normalized spacial score (nSPS) is 20.1. The van der Waals surface area contributed by atoms with E-state index in [1.165, 1.54) is 29.5 Å². The molecule has 0 atom stereocenters. The zero-order chi connectivity index (χ0) is 12.4. The molecule has 0 unspecified atom stereocenters. The molecule has 92 valence electrons. The Labute approximate surface area is 108 Å². The minimum Gasteiger partial charge on any atom is -0.297 e. The lowest BCUT2D eigenvalue weighted by atomic mass is 9.82. The fourth-order valence-corrected chi connectivity index (χ4v) is 2.97. The highest BCUT2D eigenvalue weighted by atomic mass is 14.7. The Bertz CT molecular complexity index is 571. The van der Waals surface area contributed by atoms with E-state index in [9.17, 15) is 0 Å². The first kappa shape index (κ1) is 11.4. The minimum absolute atomic E-state index is 0.670. The fraction of sp³-hybridized carbons (Fsp3) is 0.375. The number of fused-ring (bicyclic) bond motifs is 1. The highest BCUT2D eigenvalue weighted by Crippen LogP contribution is 2.35. The molecule has 0 saturated heterocycles. The molecule has 0 bridgehead atoms. The number of benzene rings is 1. The molecule has 1 aromatic carbocycles. The van der Waals surface area contributed by atoms with Crippen molar-refractivity contribution in [2.45, 2.75) is 31.6 Å². The maximum atomic E-state index is 4.44. The third-order valence-electron chi connectivity index (χ3n) is 4.00. The Morgan fingerprint density at radius 3 is 2.72 bits per heavy atom. The standard InChI is InChI=1S/C16H18N2/c1-17-13-9-7-12(8-10-13)14-4-2-6-16-15(14)5-3-11-18-16/h2-6,11-12H,7-10H2,1H3. The summed E-state index contributed by atoms with van der Waals surface area (Å²) in [6, 6.07) is 10.7. The summed E-state index contributed by atoms with van der Waals surface area (Å²) in [5, 5.41) is 1.32.